The molecule has 1 aromatic rings. The van der Waals surface area contributed by atoms with Crippen molar-refractivity contribution >= 4 is 5.91 Å². The minimum absolute atomic E-state index is 0.192. The fourth-order valence-corrected chi connectivity index (χ4v) is 1.95. The monoisotopic (exact) mass is 315 g/mol. The average Bonchev–Trinajstić information content (AvgIpc) is 2.45. The van der Waals surface area contributed by atoms with Gasteiger partial charge in [0.15, 0.2) is 0 Å². The predicted octanol–water partition coefficient (Wildman–Crippen LogP) is 3.94. The van der Waals surface area contributed by atoms with Gasteiger partial charge in [-0.2, -0.15) is 13.2 Å². The third-order valence-corrected chi connectivity index (χ3v) is 2.96. The Kier molecular flexibility index (Phi) is 6.95. The molecule has 0 N–H and O–H groups in total. The number of benzene rings is 1. The lowest BCUT2D eigenvalue weighted by atomic mass is 10.1. The number of carbonyl (C=O) groups excluding carboxylic acids is 1. The Morgan fingerprint density at radius 3 is 2.64 bits per heavy atom. The summed E-state index contributed by atoms with van der Waals surface area (Å²) in [4.78, 5) is 13.3. The first-order valence-electron chi connectivity index (χ1n) is 7.03. The highest BCUT2D eigenvalue weighted by molar-refractivity contribution is 5.76. The second-order valence-corrected chi connectivity index (χ2v) is 4.72. The van der Waals surface area contributed by atoms with Gasteiger partial charge < -0.3 is 9.64 Å². The normalized spacial score (nSPS) is 11.1. The van der Waals surface area contributed by atoms with E-state index in [-0.39, 0.29) is 13.1 Å². The molecular formula is C16H20F3NO2. The smallest absolute Gasteiger partial charge is 0.389 e. The fourth-order valence-electron chi connectivity index (χ4n) is 1.95. The lowest BCUT2D eigenvalue weighted by molar-refractivity contribution is -0.149. The molecule has 1 rings (SSSR count). The van der Waals surface area contributed by atoms with Crippen LogP contribution in [0.5, 0.6) is 5.75 Å². The Morgan fingerprint density at radius 2 is 2.05 bits per heavy atom. The molecule has 3 nitrogen and oxygen atoms in total. The molecule has 1 amide bonds. The summed E-state index contributed by atoms with van der Waals surface area (Å²) in [5.41, 5.74) is 0.756. The standard InChI is InChI=1S/C16H20F3NO2/c1-3-11-20(15(21)9-10-16(17,18)19)12-13-7-5-6-8-14(13)22-4-2/h3,5-8H,1,4,9-12H2,2H3. The van der Waals surface area contributed by atoms with Gasteiger partial charge in [0.25, 0.3) is 0 Å². The van der Waals surface area contributed by atoms with Crippen molar-refractivity contribution < 1.29 is 22.7 Å². The lowest BCUT2D eigenvalue weighted by Crippen LogP contribution is -2.31. The van der Waals surface area contributed by atoms with Crippen molar-refractivity contribution in [2.45, 2.75) is 32.5 Å². The molecule has 0 atom stereocenters. The van der Waals surface area contributed by atoms with Crippen molar-refractivity contribution in [1.82, 2.24) is 4.90 Å². The van der Waals surface area contributed by atoms with Crippen molar-refractivity contribution in [3.8, 4) is 5.75 Å². The molecule has 0 fully saturated rings. The molecular weight excluding hydrogens is 295 g/mol. The van der Waals surface area contributed by atoms with Crippen LogP contribution in [0.25, 0.3) is 0 Å². The molecule has 0 saturated heterocycles. The van der Waals surface area contributed by atoms with Crippen LogP contribution in [-0.2, 0) is 11.3 Å². The van der Waals surface area contributed by atoms with Crippen molar-refractivity contribution in [3.05, 3.63) is 42.5 Å². The molecule has 22 heavy (non-hydrogen) atoms. The summed E-state index contributed by atoms with van der Waals surface area (Å²) in [5, 5.41) is 0. The van der Waals surface area contributed by atoms with Gasteiger partial charge in [-0.3, -0.25) is 4.79 Å². The van der Waals surface area contributed by atoms with Gasteiger partial charge in [-0.15, -0.1) is 6.58 Å². The van der Waals surface area contributed by atoms with Crippen LogP contribution in [0.1, 0.15) is 25.3 Å². The van der Waals surface area contributed by atoms with Gasteiger partial charge in [-0.05, 0) is 13.0 Å². The van der Waals surface area contributed by atoms with Gasteiger partial charge in [0.1, 0.15) is 5.75 Å². The maximum atomic E-state index is 12.2. The Hall–Kier alpha value is -1.98. The van der Waals surface area contributed by atoms with Crippen LogP contribution >= 0.6 is 0 Å². The van der Waals surface area contributed by atoms with Gasteiger partial charge >= 0.3 is 6.18 Å². The molecule has 0 spiro atoms. The summed E-state index contributed by atoms with van der Waals surface area (Å²) in [6, 6.07) is 7.16. The van der Waals surface area contributed by atoms with Gasteiger partial charge in [-0.25, -0.2) is 0 Å². The summed E-state index contributed by atoms with van der Waals surface area (Å²) < 4.78 is 42.2. The topological polar surface area (TPSA) is 29.5 Å². The first kappa shape index (κ1) is 18.1. The predicted molar refractivity (Wildman–Crippen MR) is 78.5 cm³/mol. The van der Waals surface area contributed by atoms with Crippen LogP contribution in [0.2, 0.25) is 0 Å². The summed E-state index contributed by atoms with van der Waals surface area (Å²) in [6.45, 7) is 6.24. The lowest BCUT2D eigenvalue weighted by Gasteiger charge is -2.23. The quantitative estimate of drug-likeness (QED) is 0.680. The summed E-state index contributed by atoms with van der Waals surface area (Å²) in [5.74, 6) is 0.0752. The Labute approximate surface area is 128 Å². The van der Waals surface area contributed by atoms with E-state index in [9.17, 15) is 18.0 Å². The number of carbonyl (C=O) groups is 1. The van der Waals surface area contributed by atoms with E-state index in [0.29, 0.717) is 12.4 Å². The first-order chi connectivity index (χ1) is 10.4. The number of hydrogen-bond acceptors (Lipinski definition) is 2. The maximum absolute atomic E-state index is 12.2. The second kappa shape index (κ2) is 8.46. The molecule has 122 valence electrons. The number of halogens is 3. The number of amides is 1. The zero-order valence-corrected chi connectivity index (χ0v) is 12.5. The highest BCUT2D eigenvalue weighted by atomic mass is 19.4. The number of alkyl halides is 3. The van der Waals surface area contributed by atoms with Gasteiger partial charge in [0, 0.05) is 25.1 Å². The molecule has 0 saturated carbocycles. The third-order valence-electron chi connectivity index (χ3n) is 2.96. The van der Waals surface area contributed by atoms with E-state index in [1.54, 1.807) is 24.3 Å². The van der Waals surface area contributed by atoms with E-state index in [1.165, 1.54) is 11.0 Å². The molecule has 0 unspecified atom stereocenters. The zero-order chi connectivity index (χ0) is 16.6. The summed E-state index contributed by atoms with van der Waals surface area (Å²) >= 11 is 0. The van der Waals surface area contributed by atoms with E-state index in [4.69, 9.17) is 4.74 Å². The van der Waals surface area contributed by atoms with E-state index in [0.717, 1.165) is 5.56 Å². The first-order valence-corrected chi connectivity index (χ1v) is 7.03. The minimum atomic E-state index is -4.33. The highest BCUT2D eigenvalue weighted by Crippen LogP contribution is 2.23. The van der Waals surface area contributed by atoms with E-state index >= 15 is 0 Å². The second-order valence-electron chi connectivity index (χ2n) is 4.72. The highest BCUT2D eigenvalue weighted by Gasteiger charge is 2.29. The summed E-state index contributed by atoms with van der Waals surface area (Å²) in [7, 11) is 0. The van der Waals surface area contributed by atoms with E-state index in [1.807, 2.05) is 6.92 Å². The van der Waals surface area contributed by atoms with E-state index < -0.39 is 24.9 Å². The van der Waals surface area contributed by atoms with Crippen molar-refractivity contribution in [3.63, 3.8) is 0 Å². The molecule has 0 aliphatic rings. The van der Waals surface area contributed by atoms with Crippen LogP contribution in [0.3, 0.4) is 0 Å². The molecule has 0 aliphatic heterocycles. The molecule has 0 heterocycles. The number of rotatable bonds is 8. The minimum Gasteiger partial charge on any atom is -0.494 e. The maximum Gasteiger partial charge on any atom is 0.389 e. The fraction of sp³-hybridized carbons (Fsp3) is 0.438. The Balaban J connectivity index is 2.79. The number of para-hydroxylation sites is 1. The van der Waals surface area contributed by atoms with Crippen molar-refractivity contribution in [2.24, 2.45) is 0 Å². The van der Waals surface area contributed by atoms with E-state index in [2.05, 4.69) is 6.58 Å². The Morgan fingerprint density at radius 1 is 1.36 bits per heavy atom. The van der Waals surface area contributed by atoms with Crippen LogP contribution in [0, 0.1) is 0 Å². The number of hydrogen-bond donors (Lipinski definition) is 0. The molecule has 6 heteroatoms. The number of ether oxygens (including phenoxy) is 1. The molecule has 0 radical (unpaired) electrons. The largest absolute Gasteiger partial charge is 0.494 e. The van der Waals surface area contributed by atoms with Crippen LogP contribution in [0.4, 0.5) is 13.2 Å². The molecule has 0 bridgehead atoms. The van der Waals surface area contributed by atoms with Gasteiger partial charge in [0.05, 0.1) is 13.0 Å². The third kappa shape index (κ3) is 6.20. The van der Waals surface area contributed by atoms with Crippen LogP contribution in [0.15, 0.2) is 36.9 Å². The van der Waals surface area contributed by atoms with Crippen LogP contribution < -0.4 is 4.74 Å². The molecule has 0 aromatic heterocycles. The van der Waals surface area contributed by atoms with Gasteiger partial charge in [0.2, 0.25) is 5.91 Å². The number of nitrogens with zero attached hydrogens (tertiary/aromatic N) is 1. The van der Waals surface area contributed by atoms with Gasteiger partial charge in [-0.1, -0.05) is 24.3 Å². The zero-order valence-electron chi connectivity index (χ0n) is 12.5. The molecule has 1 aromatic carbocycles. The van der Waals surface area contributed by atoms with Crippen molar-refractivity contribution in [2.75, 3.05) is 13.2 Å². The van der Waals surface area contributed by atoms with Crippen molar-refractivity contribution in [1.29, 1.82) is 0 Å². The average molecular weight is 315 g/mol. The Bertz CT molecular complexity index is 500. The SMILES string of the molecule is C=CCN(Cc1ccccc1OCC)C(=O)CCC(F)(F)F. The summed E-state index contributed by atoms with van der Waals surface area (Å²) in [6.07, 6.45) is -4.52. The van der Waals surface area contributed by atoms with Crippen LogP contribution in [-0.4, -0.2) is 30.1 Å². The molecule has 0 aliphatic carbocycles.